The summed E-state index contributed by atoms with van der Waals surface area (Å²) in [6.07, 6.45) is 0.0768. The second-order valence-electron chi connectivity index (χ2n) is 5.40. The molecule has 3 heteroatoms. The Kier molecular flexibility index (Phi) is 5.12. The van der Waals surface area contributed by atoms with Gasteiger partial charge in [0, 0.05) is 12.6 Å². The standard InChI is InChI=1S/C18H21NO2/c1-13-4-3-5-17(10-13)14(2)19-12-16-8-6-15(7-9-16)11-18(20)21/h3-10,14,19H,11-12H2,1-2H3,(H,20,21)/t14-/m1/s1. The lowest BCUT2D eigenvalue weighted by atomic mass is 10.0. The molecule has 0 bridgehead atoms. The molecule has 110 valence electrons. The van der Waals surface area contributed by atoms with Crippen LogP contribution in [-0.2, 0) is 17.8 Å². The third-order valence-electron chi connectivity index (χ3n) is 3.53. The SMILES string of the molecule is Cc1cccc([C@@H](C)NCc2ccc(CC(=O)O)cc2)c1. The van der Waals surface area contributed by atoms with Crippen LogP contribution >= 0.6 is 0 Å². The zero-order valence-electron chi connectivity index (χ0n) is 12.5. The summed E-state index contributed by atoms with van der Waals surface area (Å²) in [5.74, 6) is -0.797. The summed E-state index contributed by atoms with van der Waals surface area (Å²) in [6, 6.07) is 16.5. The summed E-state index contributed by atoms with van der Waals surface area (Å²) in [6.45, 7) is 5.01. The first-order chi connectivity index (χ1) is 10.0. The molecule has 0 spiro atoms. The van der Waals surface area contributed by atoms with E-state index in [1.165, 1.54) is 11.1 Å². The van der Waals surface area contributed by atoms with E-state index in [-0.39, 0.29) is 12.5 Å². The number of carboxylic acids is 1. The Hall–Kier alpha value is -2.13. The molecule has 21 heavy (non-hydrogen) atoms. The van der Waals surface area contributed by atoms with E-state index in [0.717, 1.165) is 17.7 Å². The molecule has 2 N–H and O–H groups in total. The predicted octanol–water partition coefficient (Wildman–Crippen LogP) is 3.47. The van der Waals surface area contributed by atoms with Crippen LogP contribution in [0.15, 0.2) is 48.5 Å². The van der Waals surface area contributed by atoms with Gasteiger partial charge in [-0.1, -0.05) is 54.1 Å². The van der Waals surface area contributed by atoms with E-state index in [1.54, 1.807) is 0 Å². The summed E-state index contributed by atoms with van der Waals surface area (Å²) >= 11 is 0. The van der Waals surface area contributed by atoms with Crippen LogP contribution in [0.3, 0.4) is 0 Å². The molecule has 0 saturated carbocycles. The van der Waals surface area contributed by atoms with Crippen LogP contribution in [0.1, 0.15) is 35.2 Å². The molecule has 0 unspecified atom stereocenters. The summed E-state index contributed by atoms with van der Waals surface area (Å²) in [5, 5.41) is 12.2. The minimum atomic E-state index is -0.797. The minimum Gasteiger partial charge on any atom is -0.481 e. The van der Waals surface area contributed by atoms with Crippen molar-refractivity contribution in [3.8, 4) is 0 Å². The molecule has 0 aromatic heterocycles. The van der Waals surface area contributed by atoms with E-state index in [0.29, 0.717) is 0 Å². The van der Waals surface area contributed by atoms with Gasteiger partial charge in [-0.2, -0.15) is 0 Å². The molecule has 0 radical (unpaired) electrons. The molecule has 1 atom stereocenters. The van der Waals surface area contributed by atoms with Gasteiger partial charge in [0.15, 0.2) is 0 Å². The molecule has 0 heterocycles. The lowest BCUT2D eigenvalue weighted by Crippen LogP contribution is -2.18. The van der Waals surface area contributed by atoms with Gasteiger partial charge in [-0.3, -0.25) is 4.79 Å². The number of nitrogens with one attached hydrogen (secondary N) is 1. The predicted molar refractivity (Wildman–Crippen MR) is 84.2 cm³/mol. The van der Waals surface area contributed by atoms with Gasteiger partial charge in [-0.05, 0) is 30.5 Å². The highest BCUT2D eigenvalue weighted by Gasteiger charge is 2.05. The number of benzene rings is 2. The topological polar surface area (TPSA) is 49.3 Å². The fourth-order valence-electron chi connectivity index (χ4n) is 2.28. The van der Waals surface area contributed by atoms with E-state index >= 15 is 0 Å². The second kappa shape index (κ2) is 7.04. The molecule has 0 aliphatic rings. The number of carboxylic acid groups (broad SMARTS) is 1. The van der Waals surface area contributed by atoms with Crippen LogP contribution in [0, 0.1) is 6.92 Å². The number of hydrogen-bond donors (Lipinski definition) is 2. The molecule has 0 saturated heterocycles. The number of hydrogen-bond acceptors (Lipinski definition) is 2. The highest BCUT2D eigenvalue weighted by Crippen LogP contribution is 2.15. The Morgan fingerprint density at radius 2 is 1.81 bits per heavy atom. The smallest absolute Gasteiger partial charge is 0.307 e. The van der Waals surface area contributed by atoms with Crippen LogP contribution < -0.4 is 5.32 Å². The van der Waals surface area contributed by atoms with E-state index in [4.69, 9.17) is 5.11 Å². The number of rotatable bonds is 6. The van der Waals surface area contributed by atoms with Crippen molar-refractivity contribution in [2.75, 3.05) is 0 Å². The summed E-state index contributed by atoms with van der Waals surface area (Å²) in [7, 11) is 0. The van der Waals surface area contributed by atoms with Crippen molar-refractivity contribution in [3.05, 3.63) is 70.8 Å². The molecule has 0 aliphatic carbocycles. The Labute approximate surface area is 125 Å². The van der Waals surface area contributed by atoms with Crippen molar-refractivity contribution < 1.29 is 9.90 Å². The fraction of sp³-hybridized carbons (Fsp3) is 0.278. The first-order valence-corrected chi connectivity index (χ1v) is 7.14. The van der Waals surface area contributed by atoms with E-state index in [9.17, 15) is 4.79 Å². The van der Waals surface area contributed by atoms with Gasteiger partial charge in [0.25, 0.3) is 0 Å². The summed E-state index contributed by atoms with van der Waals surface area (Å²) < 4.78 is 0. The zero-order chi connectivity index (χ0) is 15.2. The lowest BCUT2D eigenvalue weighted by molar-refractivity contribution is -0.136. The van der Waals surface area contributed by atoms with Crippen LogP contribution in [-0.4, -0.2) is 11.1 Å². The third-order valence-corrected chi connectivity index (χ3v) is 3.53. The molecule has 2 rings (SSSR count). The lowest BCUT2D eigenvalue weighted by Gasteiger charge is -2.15. The van der Waals surface area contributed by atoms with Gasteiger partial charge in [0.1, 0.15) is 0 Å². The molecule has 3 nitrogen and oxygen atoms in total. The minimum absolute atomic E-state index is 0.0768. The summed E-state index contributed by atoms with van der Waals surface area (Å²) in [4.78, 5) is 10.6. The monoisotopic (exact) mass is 283 g/mol. The molecule has 2 aromatic carbocycles. The van der Waals surface area contributed by atoms with Crippen LogP contribution in [0.25, 0.3) is 0 Å². The second-order valence-corrected chi connectivity index (χ2v) is 5.40. The third kappa shape index (κ3) is 4.72. The maximum absolute atomic E-state index is 10.6. The average Bonchev–Trinajstić information content (AvgIpc) is 2.45. The molecular weight excluding hydrogens is 262 g/mol. The van der Waals surface area contributed by atoms with Crippen molar-refractivity contribution in [3.63, 3.8) is 0 Å². The van der Waals surface area contributed by atoms with Gasteiger partial charge in [-0.15, -0.1) is 0 Å². The average molecular weight is 283 g/mol. The van der Waals surface area contributed by atoms with Gasteiger partial charge in [-0.25, -0.2) is 0 Å². The van der Waals surface area contributed by atoms with Gasteiger partial charge in [0.2, 0.25) is 0 Å². The first-order valence-electron chi connectivity index (χ1n) is 7.14. The Bertz CT molecular complexity index is 605. The van der Waals surface area contributed by atoms with Crippen molar-refractivity contribution in [2.24, 2.45) is 0 Å². The molecule has 0 amide bonds. The van der Waals surface area contributed by atoms with Crippen molar-refractivity contribution >= 4 is 5.97 Å². The quantitative estimate of drug-likeness (QED) is 0.853. The Morgan fingerprint density at radius 1 is 1.14 bits per heavy atom. The summed E-state index contributed by atoms with van der Waals surface area (Å²) in [5.41, 5.74) is 4.53. The van der Waals surface area contributed by atoms with Gasteiger partial charge < -0.3 is 10.4 Å². The van der Waals surface area contributed by atoms with Crippen molar-refractivity contribution in [1.82, 2.24) is 5.32 Å². The number of aryl methyl sites for hydroxylation is 1. The Balaban J connectivity index is 1.92. The largest absolute Gasteiger partial charge is 0.481 e. The molecule has 0 aliphatic heterocycles. The zero-order valence-corrected chi connectivity index (χ0v) is 12.5. The van der Waals surface area contributed by atoms with Crippen LogP contribution in [0.2, 0.25) is 0 Å². The fourth-order valence-corrected chi connectivity index (χ4v) is 2.28. The highest BCUT2D eigenvalue weighted by atomic mass is 16.4. The number of aliphatic carboxylic acids is 1. The van der Waals surface area contributed by atoms with Crippen LogP contribution in [0.5, 0.6) is 0 Å². The molecule has 2 aromatic rings. The van der Waals surface area contributed by atoms with Crippen LogP contribution in [0.4, 0.5) is 0 Å². The van der Waals surface area contributed by atoms with Gasteiger partial charge in [0.05, 0.1) is 6.42 Å². The maximum atomic E-state index is 10.6. The van der Waals surface area contributed by atoms with E-state index in [1.807, 2.05) is 24.3 Å². The van der Waals surface area contributed by atoms with Crippen molar-refractivity contribution in [2.45, 2.75) is 32.9 Å². The van der Waals surface area contributed by atoms with Gasteiger partial charge >= 0.3 is 5.97 Å². The normalized spacial score (nSPS) is 12.1. The Morgan fingerprint density at radius 3 is 2.43 bits per heavy atom. The highest BCUT2D eigenvalue weighted by molar-refractivity contribution is 5.70. The maximum Gasteiger partial charge on any atom is 0.307 e. The van der Waals surface area contributed by atoms with E-state index in [2.05, 4.69) is 43.4 Å². The first kappa shape index (κ1) is 15.3. The molecule has 0 fully saturated rings. The molecular formula is C18H21NO2. The number of carbonyl (C=O) groups is 1. The van der Waals surface area contributed by atoms with Crippen molar-refractivity contribution in [1.29, 1.82) is 0 Å². The van der Waals surface area contributed by atoms with E-state index < -0.39 is 5.97 Å².